The van der Waals surface area contributed by atoms with Crippen LogP contribution >= 0.6 is 0 Å². The van der Waals surface area contributed by atoms with E-state index in [1.807, 2.05) is 0 Å². The van der Waals surface area contributed by atoms with Crippen molar-refractivity contribution in [3.05, 3.63) is 0 Å². The molecule has 14 heavy (non-hydrogen) atoms. The second-order valence-corrected chi connectivity index (χ2v) is 4.30. The molecule has 3 rings (SSSR count). The zero-order chi connectivity index (χ0) is 9.76. The van der Waals surface area contributed by atoms with Gasteiger partial charge in [-0.1, -0.05) is 0 Å². The lowest BCUT2D eigenvalue weighted by molar-refractivity contribution is -0.387. The molecule has 0 amide bonds. The van der Waals surface area contributed by atoms with E-state index >= 15 is 0 Å². The lowest BCUT2D eigenvalue weighted by Crippen LogP contribution is -2.65. The minimum atomic E-state index is -1.37. The van der Waals surface area contributed by atoms with Gasteiger partial charge < -0.3 is 24.4 Å². The van der Waals surface area contributed by atoms with Crippen molar-refractivity contribution in [2.45, 2.75) is 43.0 Å². The van der Waals surface area contributed by atoms with E-state index in [1.165, 1.54) is 0 Å². The molecule has 3 aliphatic rings. The van der Waals surface area contributed by atoms with Crippen molar-refractivity contribution < 1.29 is 24.4 Å². The topological polar surface area (TPSA) is 74.8 Å². The fourth-order valence-corrected chi connectivity index (χ4v) is 1.94. The Kier molecular flexibility index (Phi) is 1.87. The first-order valence-corrected chi connectivity index (χ1v) is 4.99. The summed E-state index contributed by atoms with van der Waals surface area (Å²) < 4.78 is 15.3. The van der Waals surface area contributed by atoms with Crippen LogP contribution in [0.1, 0.15) is 12.8 Å². The summed E-state index contributed by atoms with van der Waals surface area (Å²) in [6.07, 6.45) is 0.261. The average Bonchev–Trinajstić information content (AvgIpc) is 2.97. The molecular weight excluding hydrogens is 188 g/mol. The van der Waals surface area contributed by atoms with Gasteiger partial charge in [0.05, 0.1) is 31.5 Å². The van der Waals surface area contributed by atoms with E-state index in [4.69, 9.17) is 14.2 Å². The maximum atomic E-state index is 9.80. The first-order valence-electron chi connectivity index (χ1n) is 4.99. The van der Waals surface area contributed by atoms with Crippen molar-refractivity contribution in [1.29, 1.82) is 0 Å². The second-order valence-electron chi connectivity index (χ2n) is 4.30. The van der Waals surface area contributed by atoms with Crippen molar-refractivity contribution in [3.63, 3.8) is 0 Å². The van der Waals surface area contributed by atoms with Gasteiger partial charge in [-0.15, -0.1) is 0 Å². The van der Waals surface area contributed by atoms with Crippen LogP contribution in [0.15, 0.2) is 0 Å². The zero-order valence-corrected chi connectivity index (χ0v) is 7.76. The van der Waals surface area contributed by atoms with Crippen molar-refractivity contribution in [2.24, 2.45) is 0 Å². The molecule has 3 aliphatic heterocycles. The summed E-state index contributed by atoms with van der Waals surface area (Å²) in [5.41, 5.74) is 0. The normalized spacial score (nSPS) is 55.3. The van der Waals surface area contributed by atoms with Crippen molar-refractivity contribution in [1.82, 2.24) is 0 Å². The summed E-state index contributed by atoms with van der Waals surface area (Å²) in [6, 6.07) is 0. The molecule has 5 nitrogen and oxygen atoms in total. The van der Waals surface area contributed by atoms with E-state index in [2.05, 4.69) is 0 Å². The minimum Gasteiger partial charge on any atom is -0.385 e. The minimum absolute atomic E-state index is 0.0628. The summed E-state index contributed by atoms with van der Waals surface area (Å²) in [7, 11) is 0. The predicted octanol–water partition coefficient (Wildman–Crippen LogP) is -0.988. The Labute approximate surface area is 81.6 Å². The summed E-state index contributed by atoms with van der Waals surface area (Å²) in [5, 5.41) is 19.5. The molecular formula is C9H14O5. The van der Waals surface area contributed by atoms with Gasteiger partial charge in [0.15, 0.2) is 5.79 Å². The smallest absolute Gasteiger partial charge is 0.197 e. The number of epoxide rings is 2. The van der Waals surface area contributed by atoms with E-state index in [0.717, 1.165) is 6.61 Å². The van der Waals surface area contributed by atoms with Gasteiger partial charge in [-0.05, 0) is 0 Å². The van der Waals surface area contributed by atoms with Crippen LogP contribution in [0, 0.1) is 0 Å². The van der Waals surface area contributed by atoms with E-state index in [1.54, 1.807) is 0 Å². The van der Waals surface area contributed by atoms with Gasteiger partial charge in [0.2, 0.25) is 0 Å². The van der Waals surface area contributed by atoms with Crippen LogP contribution in [0.4, 0.5) is 0 Å². The summed E-state index contributed by atoms with van der Waals surface area (Å²) in [4.78, 5) is 0. The van der Waals surface area contributed by atoms with Crippen molar-refractivity contribution in [3.8, 4) is 0 Å². The highest BCUT2D eigenvalue weighted by Gasteiger charge is 2.57. The molecule has 5 heteroatoms. The zero-order valence-electron chi connectivity index (χ0n) is 7.76. The van der Waals surface area contributed by atoms with Crippen LogP contribution < -0.4 is 0 Å². The number of ether oxygens (including phenoxy) is 3. The molecule has 0 aromatic heterocycles. The molecule has 0 saturated carbocycles. The van der Waals surface area contributed by atoms with Crippen molar-refractivity contribution in [2.75, 3.05) is 13.2 Å². The Bertz CT molecular complexity index is 237. The number of rotatable bonds is 4. The van der Waals surface area contributed by atoms with Crippen LogP contribution in [-0.4, -0.2) is 53.6 Å². The Balaban J connectivity index is 1.51. The Morgan fingerprint density at radius 3 is 2.36 bits per heavy atom. The molecule has 5 atom stereocenters. The quantitative estimate of drug-likeness (QED) is 0.573. The molecule has 5 unspecified atom stereocenters. The Morgan fingerprint density at radius 1 is 1.21 bits per heavy atom. The van der Waals surface area contributed by atoms with Gasteiger partial charge in [0.1, 0.15) is 6.10 Å². The highest BCUT2D eigenvalue weighted by Crippen LogP contribution is 2.40. The van der Waals surface area contributed by atoms with Crippen LogP contribution in [0.25, 0.3) is 0 Å². The van der Waals surface area contributed by atoms with E-state index in [9.17, 15) is 10.2 Å². The Hall–Kier alpha value is -0.200. The predicted molar refractivity (Wildman–Crippen MR) is 44.5 cm³/mol. The highest BCUT2D eigenvalue weighted by atomic mass is 16.7. The standard InChI is InChI=1S/C9H14O5/c10-8-7(1-5-3-12-5)14-9(8,11)2-6-4-13-6/h5-8,10-11H,1-4H2. The van der Waals surface area contributed by atoms with E-state index in [-0.39, 0.29) is 18.3 Å². The molecule has 0 aliphatic carbocycles. The lowest BCUT2D eigenvalue weighted by atomic mass is 9.90. The Morgan fingerprint density at radius 2 is 1.86 bits per heavy atom. The highest BCUT2D eigenvalue weighted by molar-refractivity contribution is 4.99. The summed E-state index contributed by atoms with van der Waals surface area (Å²) in [5.74, 6) is -1.37. The molecule has 2 N–H and O–H groups in total. The SMILES string of the molecule is OC1C(CC2CO2)OC1(O)CC1CO1. The van der Waals surface area contributed by atoms with Gasteiger partial charge in [0.25, 0.3) is 0 Å². The molecule has 3 saturated heterocycles. The van der Waals surface area contributed by atoms with Gasteiger partial charge in [-0.25, -0.2) is 0 Å². The van der Waals surface area contributed by atoms with Crippen LogP contribution in [-0.2, 0) is 14.2 Å². The number of hydrogen-bond acceptors (Lipinski definition) is 5. The molecule has 0 radical (unpaired) electrons. The fourth-order valence-electron chi connectivity index (χ4n) is 1.94. The third-order valence-electron chi connectivity index (χ3n) is 2.99. The fraction of sp³-hybridized carbons (Fsp3) is 1.00. The maximum absolute atomic E-state index is 9.80. The van der Waals surface area contributed by atoms with Crippen molar-refractivity contribution >= 4 is 0 Å². The van der Waals surface area contributed by atoms with Crippen LogP contribution in [0.2, 0.25) is 0 Å². The third kappa shape index (κ3) is 1.55. The molecule has 3 heterocycles. The van der Waals surface area contributed by atoms with Gasteiger partial charge >= 0.3 is 0 Å². The average molecular weight is 202 g/mol. The first kappa shape index (κ1) is 9.06. The van der Waals surface area contributed by atoms with Gasteiger partial charge in [-0.2, -0.15) is 0 Å². The monoisotopic (exact) mass is 202 g/mol. The number of hydrogen-bond donors (Lipinski definition) is 2. The molecule has 0 bridgehead atoms. The molecule has 3 fully saturated rings. The summed E-state index contributed by atoms with van der Waals surface area (Å²) >= 11 is 0. The number of aliphatic hydroxyl groups is 2. The van der Waals surface area contributed by atoms with Gasteiger partial charge in [0, 0.05) is 12.8 Å². The molecule has 0 spiro atoms. The molecule has 0 aromatic rings. The maximum Gasteiger partial charge on any atom is 0.197 e. The summed E-state index contributed by atoms with van der Waals surface area (Å²) in [6.45, 7) is 1.41. The van der Waals surface area contributed by atoms with E-state index in [0.29, 0.717) is 19.4 Å². The van der Waals surface area contributed by atoms with Crippen LogP contribution in [0.3, 0.4) is 0 Å². The first-order chi connectivity index (χ1) is 6.67. The molecule has 80 valence electrons. The number of aliphatic hydroxyl groups excluding tert-OH is 1. The van der Waals surface area contributed by atoms with Crippen LogP contribution in [0.5, 0.6) is 0 Å². The second kappa shape index (κ2) is 2.90. The molecule has 0 aromatic carbocycles. The third-order valence-corrected chi connectivity index (χ3v) is 2.99. The largest absolute Gasteiger partial charge is 0.385 e. The van der Waals surface area contributed by atoms with Gasteiger partial charge in [-0.3, -0.25) is 0 Å². The van der Waals surface area contributed by atoms with E-state index < -0.39 is 11.9 Å². The lowest BCUT2D eigenvalue weighted by Gasteiger charge is -2.48.